The Balaban J connectivity index is 1.84. The van der Waals surface area contributed by atoms with Crippen LogP contribution in [0.3, 0.4) is 0 Å². The van der Waals surface area contributed by atoms with E-state index in [0.717, 1.165) is 5.57 Å². The largest absolute Gasteiger partial charge is 0.496 e. The summed E-state index contributed by atoms with van der Waals surface area (Å²) in [5.74, 6) is -3.35. The quantitative estimate of drug-likeness (QED) is 0.201. The normalized spacial score (nSPS) is 12.5. The molecule has 0 saturated heterocycles. The van der Waals surface area contributed by atoms with E-state index in [0.29, 0.717) is 28.9 Å². The number of cyclic esters (lactones) is 1. The number of amides is 1. The SMILES string of the molecule is COc1c(C)c2c(c(OC(=O)CC(=O)NCc3ccccc3F)c1C/C=C(\C)CCC(=O)O)C(=O)OC2. The number of allylic oxidation sites excluding steroid dienone is 2. The van der Waals surface area contributed by atoms with Gasteiger partial charge in [-0.15, -0.1) is 0 Å². The van der Waals surface area contributed by atoms with Crippen LogP contribution in [-0.2, 0) is 38.7 Å². The van der Waals surface area contributed by atoms with Gasteiger partial charge in [0.15, 0.2) is 5.75 Å². The number of fused-ring (bicyclic) bond motifs is 1. The number of carboxylic acid groups (broad SMARTS) is 1. The molecule has 196 valence electrons. The minimum atomic E-state index is -0.927. The van der Waals surface area contributed by atoms with Gasteiger partial charge in [-0.25, -0.2) is 9.18 Å². The van der Waals surface area contributed by atoms with Crippen LogP contribution in [0.15, 0.2) is 35.9 Å². The minimum absolute atomic E-state index is 0.0161. The highest BCUT2D eigenvalue weighted by molar-refractivity contribution is 6.00. The molecule has 0 aromatic heterocycles. The second kappa shape index (κ2) is 12.2. The lowest BCUT2D eigenvalue weighted by Gasteiger charge is -2.19. The van der Waals surface area contributed by atoms with Crippen LogP contribution in [0.1, 0.15) is 58.8 Å². The number of methoxy groups -OCH3 is 1. The molecule has 0 aliphatic carbocycles. The zero-order valence-corrected chi connectivity index (χ0v) is 20.8. The zero-order valence-electron chi connectivity index (χ0n) is 20.8. The Labute approximate surface area is 213 Å². The molecule has 0 atom stereocenters. The summed E-state index contributed by atoms with van der Waals surface area (Å²) in [4.78, 5) is 48.5. The van der Waals surface area contributed by atoms with E-state index in [1.165, 1.54) is 25.3 Å². The first-order chi connectivity index (χ1) is 17.6. The molecular formula is C27H28FNO8. The van der Waals surface area contributed by atoms with E-state index in [9.17, 15) is 23.6 Å². The Morgan fingerprint density at radius 1 is 1.19 bits per heavy atom. The summed E-state index contributed by atoms with van der Waals surface area (Å²) in [6.07, 6.45) is 1.56. The van der Waals surface area contributed by atoms with Gasteiger partial charge in [0.1, 0.15) is 30.2 Å². The molecule has 0 unspecified atom stereocenters. The zero-order chi connectivity index (χ0) is 27.1. The summed E-state index contributed by atoms with van der Waals surface area (Å²) in [5.41, 5.74) is 2.70. The highest BCUT2D eigenvalue weighted by Gasteiger charge is 2.34. The molecule has 1 aliphatic heterocycles. The average Bonchev–Trinajstić information content (AvgIpc) is 3.24. The van der Waals surface area contributed by atoms with Crippen molar-refractivity contribution < 1.29 is 42.9 Å². The van der Waals surface area contributed by atoms with E-state index < -0.39 is 36.1 Å². The summed E-state index contributed by atoms with van der Waals surface area (Å²) >= 11 is 0. The maximum atomic E-state index is 13.8. The van der Waals surface area contributed by atoms with Gasteiger partial charge < -0.3 is 24.6 Å². The number of carbonyl (C=O) groups is 4. The lowest BCUT2D eigenvalue weighted by Crippen LogP contribution is -2.27. The number of halogens is 1. The molecule has 1 heterocycles. The van der Waals surface area contributed by atoms with Crippen molar-refractivity contribution in [2.45, 2.75) is 52.7 Å². The van der Waals surface area contributed by atoms with Crippen molar-refractivity contribution in [1.29, 1.82) is 0 Å². The van der Waals surface area contributed by atoms with E-state index in [1.54, 1.807) is 26.0 Å². The fourth-order valence-electron chi connectivity index (χ4n) is 3.98. The molecule has 9 nitrogen and oxygen atoms in total. The standard InChI is InChI=1S/C27H28FNO8/c1-15(9-11-22(31)32)8-10-18-25(35-3)16(2)19-14-36-27(34)24(19)26(18)37-23(33)12-21(30)29-13-17-6-4-5-7-20(17)28/h4-8H,9-14H2,1-3H3,(H,29,30)(H,31,32)/b15-8+. The van der Waals surface area contributed by atoms with Gasteiger partial charge in [-0.05, 0) is 38.3 Å². The van der Waals surface area contributed by atoms with Gasteiger partial charge in [-0.1, -0.05) is 29.8 Å². The Kier molecular flexibility index (Phi) is 9.00. The second-order valence-corrected chi connectivity index (χ2v) is 8.56. The number of esters is 2. The summed E-state index contributed by atoms with van der Waals surface area (Å²) in [6, 6.07) is 5.93. The van der Waals surface area contributed by atoms with Crippen molar-refractivity contribution in [3.05, 3.63) is 69.5 Å². The van der Waals surface area contributed by atoms with Crippen molar-refractivity contribution in [2.75, 3.05) is 7.11 Å². The van der Waals surface area contributed by atoms with Crippen molar-refractivity contribution in [3.63, 3.8) is 0 Å². The Morgan fingerprint density at radius 3 is 2.59 bits per heavy atom. The van der Waals surface area contributed by atoms with Gasteiger partial charge >= 0.3 is 17.9 Å². The number of aliphatic carboxylic acids is 1. The van der Waals surface area contributed by atoms with Crippen LogP contribution < -0.4 is 14.8 Å². The Bertz CT molecular complexity index is 1270. The van der Waals surface area contributed by atoms with Crippen LogP contribution >= 0.6 is 0 Å². The van der Waals surface area contributed by atoms with E-state index in [4.69, 9.17) is 19.3 Å². The van der Waals surface area contributed by atoms with E-state index in [-0.39, 0.29) is 42.9 Å². The fraction of sp³-hybridized carbons (Fsp3) is 0.333. The predicted molar refractivity (Wildman–Crippen MR) is 130 cm³/mol. The summed E-state index contributed by atoms with van der Waals surface area (Å²) in [7, 11) is 1.44. The van der Waals surface area contributed by atoms with Crippen LogP contribution in [0.5, 0.6) is 11.5 Å². The van der Waals surface area contributed by atoms with Crippen LogP contribution in [0.25, 0.3) is 0 Å². The third kappa shape index (κ3) is 6.72. The molecule has 0 fully saturated rings. The van der Waals surface area contributed by atoms with Crippen molar-refractivity contribution >= 4 is 23.8 Å². The van der Waals surface area contributed by atoms with Crippen molar-refractivity contribution in [1.82, 2.24) is 5.32 Å². The van der Waals surface area contributed by atoms with Gasteiger partial charge in [0.2, 0.25) is 5.91 Å². The predicted octanol–water partition coefficient (Wildman–Crippen LogP) is 3.78. The highest BCUT2D eigenvalue weighted by atomic mass is 19.1. The first-order valence-electron chi connectivity index (χ1n) is 11.6. The van der Waals surface area contributed by atoms with Gasteiger partial charge in [-0.3, -0.25) is 14.4 Å². The maximum absolute atomic E-state index is 13.8. The molecule has 0 saturated carbocycles. The average molecular weight is 514 g/mol. The molecule has 2 N–H and O–H groups in total. The maximum Gasteiger partial charge on any atom is 0.342 e. The first-order valence-corrected chi connectivity index (χ1v) is 11.6. The molecule has 3 rings (SSSR count). The molecule has 37 heavy (non-hydrogen) atoms. The molecule has 0 spiro atoms. The van der Waals surface area contributed by atoms with Crippen molar-refractivity contribution in [2.24, 2.45) is 0 Å². The summed E-state index contributed by atoms with van der Waals surface area (Å²) < 4.78 is 30.1. The van der Waals surface area contributed by atoms with Gasteiger partial charge in [0, 0.05) is 29.7 Å². The number of ether oxygens (including phenoxy) is 3. The minimum Gasteiger partial charge on any atom is -0.496 e. The third-order valence-corrected chi connectivity index (χ3v) is 5.97. The van der Waals surface area contributed by atoms with Crippen LogP contribution in [-0.4, -0.2) is 36.0 Å². The summed E-state index contributed by atoms with van der Waals surface area (Å²) in [5, 5.41) is 11.4. The number of hydrogen-bond donors (Lipinski definition) is 2. The molecule has 1 amide bonds. The third-order valence-electron chi connectivity index (χ3n) is 5.97. The second-order valence-electron chi connectivity index (χ2n) is 8.56. The Hall–Kier alpha value is -4.21. The highest BCUT2D eigenvalue weighted by Crippen LogP contribution is 2.43. The van der Waals surface area contributed by atoms with E-state index in [1.807, 2.05) is 0 Å². The van der Waals surface area contributed by atoms with Crippen LogP contribution in [0, 0.1) is 12.7 Å². The van der Waals surface area contributed by atoms with E-state index >= 15 is 0 Å². The molecule has 2 aromatic carbocycles. The first kappa shape index (κ1) is 27.4. The van der Waals surface area contributed by atoms with Gasteiger partial charge in [0.05, 0.1) is 7.11 Å². The molecule has 10 heteroatoms. The number of benzene rings is 2. The number of carboxylic acids is 1. The Morgan fingerprint density at radius 2 is 1.92 bits per heavy atom. The number of rotatable bonds is 11. The topological polar surface area (TPSA) is 128 Å². The van der Waals surface area contributed by atoms with E-state index in [2.05, 4.69) is 5.32 Å². The molecular weight excluding hydrogens is 485 g/mol. The van der Waals surface area contributed by atoms with Gasteiger partial charge in [0.25, 0.3) is 0 Å². The molecule has 0 bridgehead atoms. The molecule has 1 aliphatic rings. The van der Waals surface area contributed by atoms with Crippen LogP contribution in [0.2, 0.25) is 0 Å². The molecule has 0 radical (unpaired) electrons. The van der Waals surface area contributed by atoms with Crippen molar-refractivity contribution in [3.8, 4) is 11.5 Å². The fourth-order valence-corrected chi connectivity index (χ4v) is 3.98. The lowest BCUT2D eigenvalue weighted by molar-refractivity contribution is -0.139. The monoisotopic (exact) mass is 513 g/mol. The molecule has 2 aromatic rings. The van der Waals surface area contributed by atoms with Gasteiger partial charge in [-0.2, -0.15) is 0 Å². The number of hydrogen-bond acceptors (Lipinski definition) is 7. The van der Waals surface area contributed by atoms with Crippen LogP contribution in [0.4, 0.5) is 4.39 Å². The smallest absolute Gasteiger partial charge is 0.342 e. The summed E-state index contributed by atoms with van der Waals surface area (Å²) in [6.45, 7) is 3.41. The lowest BCUT2D eigenvalue weighted by atomic mass is 9.94. The number of carbonyl (C=O) groups excluding carboxylic acids is 3. The number of nitrogens with one attached hydrogen (secondary N) is 1.